The number of carbonyl (C=O) groups excluding carboxylic acids is 2. The van der Waals surface area contributed by atoms with Gasteiger partial charge in [0.15, 0.2) is 0 Å². The molecular weight excluding hydrogens is 600 g/mol. The summed E-state index contributed by atoms with van der Waals surface area (Å²) < 4.78 is 24.3. The summed E-state index contributed by atoms with van der Waals surface area (Å²) in [5.74, 6) is -0.382. The number of aliphatic hydroxyl groups is 1. The Morgan fingerprint density at radius 2 is 1.85 bits per heavy atom. The van der Waals surface area contributed by atoms with Crippen molar-refractivity contribution in [3.8, 4) is 5.75 Å². The van der Waals surface area contributed by atoms with E-state index in [4.69, 9.17) is 18.9 Å². The molecule has 3 heterocycles. The Hall–Kier alpha value is -2.18. The predicted molar refractivity (Wildman–Crippen MR) is 157 cm³/mol. The van der Waals surface area contributed by atoms with Gasteiger partial charge >= 0.3 is 5.97 Å². The van der Waals surface area contributed by atoms with Crippen molar-refractivity contribution in [1.82, 2.24) is 4.90 Å². The Morgan fingerprint density at radius 1 is 1.20 bits per heavy atom. The van der Waals surface area contributed by atoms with Crippen molar-refractivity contribution < 1.29 is 33.6 Å². The van der Waals surface area contributed by atoms with Gasteiger partial charge in [0.2, 0.25) is 6.35 Å². The molecule has 1 aromatic carbocycles. The summed E-state index contributed by atoms with van der Waals surface area (Å²) >= 11 is 4.96. The highest BCUT2D eigenvalue weighted by atomic mass is 79.9. The Balaban J connectivity index is 1.78. The number of thiophene rings is 1. The minimum absolute atomic E-state index is 0.0437. The normalized spacial score (nSPS) is 19.4. The molecule has 1 unspecified atom stereocenters. The average molecular weight is 640 g/mol. The number of amides is 1. The van der Waals surface area contributed by atoms with Crippen LogP contribution in [-0.2, 0) is 19.0 Å². The smallest absolute Gasteiger partial charge is 0.332 e. The number of fused-ring (bicyclic) bond motifs is 1. The molecule has 0 radical (unpaired) electrons. The molecule has 2 aliphatic heterocycles. The average Bonchev–Trinajstić information content (AvgIpc) is 3.19. The largest absolute Gasteiger partial charge is 0.496 e. The number of rotatable bonds is 8. The van der Waals surface area contributed by atoms with Crippen molar-refractivity contribution in [2.24, 2.45) is 0 Å². The summed E-state index contributed by atoms with van der Waals surface area (Å²) in [6.45, 7) is 11.8. The number of hydrogen-bond donors (Lipinski definition) is 1. The van der Waals surface area contributed by atoms with Gasteiger partial charge in [-0.3, -0.25) is 9.69 Å². The Kier molecular flexibility index (Phi) is 9.21. The molecule has 1 N–H and O–H groups in total. The molecule has 0 spiro atoms. The molecule has 4 rings (SSSR count). The maximum absolute atomic E-state index is 13.9. The van der Waals surface area contributed by atoms with Crippen LogP contribution in [-0.4, -0.2) is 72.3 Å². The second-order valence-corrected chi connectivity index (χ2v) is 13.9. The first-order chi connectivity index (χ1) is 18.8. The van der Waals surface area contributed by atoms with E-state index in [1.165, 1.54) is 16.2 Å². The summed E-state index contributed by atoms with van der Waals surface area (Å²) in [5, 5.41) is 12.5. The first-order valence-electron chi connectivity index (χ1n) is 13.4. The molecule has 1 amide bonds. The molecule has 0 saturated carbocycles. The number of hydrogen-bond acceptors (Lipinski definition) is 9. The van der Waals surface area contributed by atoms with E-state index in [0.29, 0.717) is 29.5 Å². The van der Waals surface area contributed by atoms with Crippen LogP contribution in [0.25, 0.3) is 0 Å². The van der Waals surface area contributed by atoms with E-state index in [-0.39, 0.29) is 12.6 Å². The zero-order chi connectivity index (χ0) is 29.4. The lowest BCUT2D eigenvalue weighted by Gasteiger charge is -2.48. The van der Waals surface area contributed by atoms with Crippen LogP contribution in [0.15, 0.2) is 28.1 Å². The van der Waals surface area contributed by atoms with Crippen LogP contribution in [0.2, 0.25) is 0 Å². The lowest BCUT2D eigenvalue weighted by Crippen LogP contribution is -2.66. The third-order valence-electron chi connectivity index (χ3n) is 7.15. The van der Waals surface area contributed by atoms with Crippen molar-refractivity contribution in [2.75, 3.05) is 31.8 Å². The molecule has 11 heteroatoms. The highest BCUT2D eigenvalue weighted by Crippen LogP contribution is 2.46. The number of methoxy groups -OCH3 is 1. The van der Waals surface area contributed by atoms with E-state index in [0.717, 1.165) is 27.8 Å². The molecule has 40 heavy (non-hydrogen) atoms. The summed E-state index contributed by atoms with van der Waals surface area (Å²) in [6, 6.07) is 7.64. The molecule has 220 valence electrons. The fourth-order valence-corrected chi connectivity index (χ4v) is 6.70. The van der Waals surface area contributed by atoms with Gasteiger partial charge in [-0.25, -0.2) is 4.79 Å². The number of para-hydroxylation sites is 1. The summed E-state index contributed by atoms with van der Waals surface area (Å²) in [6.07, 6.45) is -0.512. The van der Waals surface area contributed by atoms with Gasteiger partial charge in [0.1, 0.15) is 28.0 Å². The van der Waals surface area contributed by atoms with Crippen LogP contribution < -0.4 is 9.64 Å². The minimum Gasteiger partial charge on any atom is -0.496 e. The van der Waals surface area contributed by atoms with Gasteiger partial charge in [0, 0.05) is 18.8 Å². The van der Waals surface area contributed by atoms with Gasteiger partial charge in [-0.2, -0.15) is 0 Å². The second-order valence-electron chi connectivity index (χ2n) is 11.6. The number of anilines is 1. The number of ether oxygens (including phenoxy) is 4. The van der Waals surface area contributed by atoms with E-state index in [9.17, 15) is 14.7 Å². The van der Waals surface area contributed by atoms with Crippen LogP contribution in [0.5, 0.6) is 5.75 Å². The minimum atomic E-state index is -1.47. The zero-order valence-corrected chi connectivity index (χ0v) is 26.6. The maximum atomic E-state index is 13.9. The highest BCUT2D eigenvalue weighted by Gasteiger charge is 2.51. The number of carbonyl (C=O) groups is 2. The third-order valence-corrected chi connectivity index (χ3v) is 9.34. The van der Waals surface area contributed by atoms with Crippen LogP contribution in [0.3, 0.4) is 0 Å². The number of esters is 1. The van der Waals surface area contributed by atoms with Crippen LogP contribution >= 0.6 is 27.3 Å². The van der Waals surface area contributed by atoms with Gasteiger partial charge < -0.3 is 29.0 Å². The van der Waals surface area contributed by atoms with Crippen LogP contribution in [0.4, 0.5) is 5.00 Å². The molecule has 1 aromatic heterocycles. The zero-order valence-electron chi connectivity index (χ0n) is 24.2. The molecule has 2 aromatic rings. The van der Waals surface area contributed by atoms with E-state index in [2.05, 4.69) is 15.9 Å². The molecule has 2 atom stereocenters. The maximum Gasteiger partial charge on any atom is 0.332 e. The number of nitrogens with zero attached hydrogens (tertiary/aromatic N) is 2. The standard InChI is InChI=1S/C29H39BrN2O7S/c1-17-22-24(33)32(29(5,6)26(34)39-28(2,3)4)27(35)31(25(22)40-23(17)30)16-21(38-18-12-14-37-15-13-18)19-10-8-9-11-20(19)36-7/h8-11,18,21,27,35H,12-16H2,1-7H3/t21-,27?/m0/s1. The molecule has 1 saturated heterocycles. The van der Waals surface area contributed by atoms with Gasteiger partial charge in [-0.15, -0.1) is 11.3 Å². The molecule has 0 bridgehead atoms. The Bertz CT molecular complexity index is 1240. The van der Waals surface area contributed by atoms with Gasteiger partial charge in [0.05, 0.1) is 29.1 Å². The quantitative estimate of drug-likeness (QED) is 0.383. The predicted octanol–water partition coefficient (Wildman–Crippen LogP) is 5.42. The topological polar surface area (TPSA) is 97.8 Å². The number of aliphatic hydroxyl groups excluding tert-OH is 1. The van der Waals surface area contributed by atoms with Crippen molar-refractivity contribution in [2.45, 2.75) is 84.1 Å². The van der Waals surface area contributed by atoms with Gasteiger partial charge in [-0.1, -0.05) is 18.2 Å². The summed E-state index contributed by atoms with van der Waals surface area (Å²) in [4.78, 5) is 30.3. The third kappa shape index (κ3) is 6.18. The van der Waals surface area contributed by atoms with Gasteiger partial charge in [0.25, 0.3) is 5.91 Å². The SMILES string of the molecule is COc1ccccc1[C@H](CN1c2sc(Br)c(C)c2C(=O)N(C(C)(C)C(=O)OC(C)(C)C)C1O)OC1CCOCC1. The monoisotopic (exact) mass is 638 g/mol. The molecule has 1 fully saturated rings. The molecule has 0 aliphatic carbocycles. The van der Waals surface area contributed by atoms with E-state index in [1.54, 1.807) is 46.6 Å². The highest BCUT2D eigenvalue weighted by molar-refractivity contribution is 9.11. The summed E-state index contributed by atoms with van der Waals surface area (Å²) in [7, 11) is 1.61. The first kappa shape index (κ1) is 30.8. The van der Waals surface area contributed by atoms with E-state index >= 15 is 0 Å². The fraction of sp³-hybridized carbons (Fsp3) is 0.586. The number of halogens is 1. The van der Waals surface area contributed by atoms with E-state index < -0.39 is 35.5 Å². The van der Waals surface area contributed by atoms with Crippen molar-refractivity contribution in [3.63, 3.8) is 0 Å². The lowest BCUT2D eigenvalue weighted by atomic mass is 9.98. The molecule has 9 nitrogen and oxygen atoms in total. The van der Waals surface area contributed by atoms with Crippen molar-refractivity contribution in [3.05, 3.63) is 44.7 Å². The van der Waals surface area contributed by atoms with Crippen molar-refractivity contribution >= 4 is 44.1 Å². The Labute approximate surface area is 248 Å². The lowest BCUT2D eigenvalue weighted by molar-refractivity contribution is -0.172. The Morgan fingerprint density at radius 3 is 2.48 bits per heavy atom. The van der Waals surface area contributed by atoms with Crippen molar-refractivity contribution in [1.29, 1.82) is 0 Å². The molecule has 2 aliphatic rings. The van der Waals surface area contributed by atoms with Gasteiger partial charge in [-0.05, 0) is 81.9 Å². The van der Waals surface area contributed by atoms with Crippen LogP contribution in [0, 0.1) is 6.92 Å². The fourth-order valence-electron chi connectivity index (χ4n) is 4.99. The number of benzene rings is 1. The van der Waals surface area contributed by atoms with Crippen LogP contribution in [0.1, 0.15) is 75.0 Å². The second kappa shape index (κ2) is 12.0. The first-order valence-corrected chi connectivity index (χ1v) is 15.0. The summed E-state index contributed by atoms with van der Waals surface area (Å²) in [5.41, 5.74) is -0.235. The van der Waals surface area contributed by atoms with E-state index in [1.807, 2.05) is 31.2 Å². The molecular formula is C29H39BrN2O7S.